The maximum absolute atomic E-state index is 13.2. The second-order valence-electron chi connectivity index (χ2n) is 5.84. The zero-order valence-electron chi connectivity index (χ0n) is 13.1. The van der Waals surface area contributed by atoms with Gasteiger partial charge in [0, 0.05) is 37.9 Å². The van der Waals surface area contributed by atoms with Gasteiger partial charge in [-0.25, -0.2) is 8.78 Å². The smallest absolute Gasteiger partial charge is 0.227 e. The molecule has 0 aromatic heterocycles. The van der Waals surface area contributed by atoms with Gasteiger partial charge in [-0.2, -0.15) is 0 Å². The molecule has 2 aromatic rings. The van der Waals surface area contributed by atoms with E-state index in [0.29, 0.717) is 31.7 Å². The maximum Gasteiger partial charge on any atom is 0.227 e. The predicted molar refractivity (Wildman–Crippen MR) is 87.0 cm³/mol. The molecule has 0 unspecified atom stereocenters. The van der Waals surface area contributed by atoms with E-state index in [1.54, 1.807) is 17.0 Å². The summed E-state index contributed by atoms with van der Waals surface area (Å²) in [6.45, 7) is 2.46. The van der Waals surface area contributed by atoms with Gasteiger partial charge < -0.3 is 14.9 Å². The van der Waals surface area contributed by atoms with E-state index in [2.05, 4.69) is 4.90 Å². The monoisotopic (exact) mass is 332 g/mol. The van der Waals surface area contributed by atoms with E-state index in [4.69, 9.17) is 0 Å². The van der Waals surface area contributed by atoms with Gasteiger partial charge in [0.25, 0.3) is 0 Å². The average Bonchev–Trinajstić information content (AvgIpc) is 2.55. The molecule has 1 fully saturated rings. The number of anilines is 1. The van der Waals surface area contributed by atoms with Crippen LogP contribution in [0.4, 0.5) is 14.5 Å². The highest BCUT2D eigenvalue weighted by molar-refractivity contribution is 5.79. The van der Waals surface area contributed by atoms with Crippen LogP contribution < -0.4 is 4.90 Å². The van der Waals surface area contributed by atoms with Crippen molar-refractivity contribution in [2.75, 3.05) is 31.1 Å². The van der Waals surface area contributed by atoms with Crippen molar-refractivity contribution in [3.63, 3.8) is 0 Å². The molecule has 4 nitrogen and oxygen atoms in total. The average molecular weight is 332 g/mol. The fraction of sp³-hybridized carbons (Fsp3) is 0.278. The molecular weight excluding hydrogens is 314 g/mol. The third-order valence-electron chi connectivity index (χ3n) is 4.12. The lowest BCUT2D eigenvalue weighted by atomic mass is 10.1. The summed E-state index contributed by atoms with van der Waals surface area (Å²) < 4.78 is 26.4. The van der Waals surface area contributed by atoms with Crippen LogP contribution >= 0.6 is 0 Å². The van der Waals surface area contributed by atoms with Crippen LogP contribution in [0.2, 0.25) is 0 Å². The quantitative estimate of drug-likeness (QED) is 0.939. The van der Waals surface area contributed by atoms with Crippen LogP contribution in [0, 0.1) is 11.6 Å². The number of phenolic OH excluding ortho intramolecular Hbond substituents is 1. The molecule has 0 bridgehead atoms. The van der Waals surface area contributed by atoms with Crippen molar-refractivity contribution in [1.82, 2.24) is 4.90 Å². The fourth-order valence-corrected chi connectivity index (χ4v) is 2.88. The second-order valence-corrected chi connectivity index (χ2v) is 5.84. The lowest BCUT2D eigenvalue weighted by molar-refractivity contribution is -0.130. The Morgan fingerprint density at radius 1 is 0.958 bits per heavy atom. The van der Waals surface area contributed by atoms with Crippen LogP contribution in [0.5, 0.6) is 5.75 Å². The number of benzene rings is 2. The predicted octanol–water partition coefficient (Wildman–Crippen LogP) is 2.56. The number of piperazine rings is 1. The number of hydrogen-bond donors (Lipinski definition) is 1. The molecular formula is C18H18F2N2O2. The van der Waals surface area contributed by atoms with Crippen molar-refractivity contribution in [3.05, 3.63) is 59.7 Å². The van der Waals surface area contributed by atoms with Gasteiger partial charge in [0.2, 0.25) is 5.91 Å². The molecule has 1 N–H and O–H groups in total. The summed E-state index contributed by atoms with van der Waals surface area (Å²) in [5.74, 6) is -1.26. The zero-order chi connectivity index (χ0) is 17.1. The molecule has 0 atom stereocenters. The fourth-order valence-electron chi connectivity index (χ4n) is 2.88. The van der Waals surface area contributed by atoms with Gasteiger partial charge in [-0.3, -0.25) is 4.79 Å². The molecule has 1 aliphatic heterocycles. The summed E-state index contributed by atoms with van der Waals surface area (Å²) in [5, 5.41) is 9.32. The van der Waals surface area contributed by atoms with E-state index in [1.165, 1.54) is 12.1 Å². The number of rotatable bonds is 3. The summed E-state index contributed by atoms with van der Waals surface area (Å²) >= 11 is 0. The van der Waals surface area contributed by atoms with Gasteiger partial charge in [-0.15, -0.1) is 0 Å². The molecule has 126 valence electrons. The molecule has 1 heterocycles. The highest BCUT2D eigenvalue weighted by Gasteiger charge is 2.21. The largest absolute Gasteiger partial charge is 0.508 e. The minimum atomic E-state index is -0.671. The number of nitrogens with zero attached hydrogens (tertiary/aromatic N) is 2. The number of halogens is 2. The van der Waals surface area contributed by atoms with Gasteiger partial charge in [-0.1, -0.05) is 0 Å². The first-order valence-electron chi connectivity index (χ1n) is 7.78. The Labute approximate surface area is 138 Å². The lowest BCUT2D eigenvalue weighted by Gasteiger charge is -2.36. The van der Waals surface area contributed by atoms with Crippen molar-refractivity contribution in [3.8, 4) is 5.75 Å². The Balaban J connectivity index is 1.57. The van der Waals surface area contributed by atoms with E-state index in [-0.39, 0.29) is 18.1 Å². The number of amides is 1. The minimum Gasteiger partial charge on any atom is -0.508 e. The Bertz CT molecular complexity index is 706. The SMILES string of the molecule is O=C(Cc1cc(F)cc(F)c1)N1CCN(c2ccc(O)cc2)CC1. The van der Waals surface area contributed by atoms with Gasteiger partial charge in [0.05, 0.1) is 6.42 Å². The van der Waals surface area contributed by atoms with Crippen molar-refractivity contribution in [2.45, 2.75) is 6.42 Å². The van der Waals surface area contributed by atoms with Gasteiger partial charge >= 0.3 is 0 Å². The minimum absolute atomic E-state index is 0.00606. The van der Waals surface area contributed by atoms with Crippen LogP contribution in [0.15, 0.2) is 42.5 Å². The topological polar surface area (TPSA) is 43.8 Å². The van der Waals surface area contributed by atoms with Crippen LogP contribution in [0.3, 0.4) is 0 Å². The zero-order valence-corrected chi connectivity index (χ0v) is 13.1. The second kappa shape index (κ2) is 6.86. The van der Waals surface area contributed by atoms with Gasteiger partial charge in [0.15, 0.2) is 0 Å². The summed E-state index contributed by atoms with van der Waals surface area (Å²) in [5.41, 5.74) is 1.34. The molecule has 2 aromatic carbocycles. The normalized spacial score (nSPS) is 14.8. The first-order valence-corrected chi connectivity index (χ1v) is 7.78. The Kier molecular flexibility index (Phi) is 4.64. The molecule has 0 spiro atoms. The Morgan fingerprint density at radius 2 is 1.54 bits per heavy atom. The van der Waals surface area contributed by atoms with E-state index in [1.807, 2.05) is 12.1 Å². The highest BCUT2D eigenvalue weighted by atomic mass is 19.1. The van der Waals surface area contributed by atoms with Crippen LogP contribution in [0.25, 0.3) is 0 Å². The van der Waals surface area contributed by atoms with E-state index in [0.717, 1.165) is 11.8 Å². The summed E-state index contributed by atoms with van der Waals surface area (Å²) in [7, 11) is 0. The molecule has 0 aliphatic carbocycles. The van der Waals surface area contributed by atoms with Crippen LogP contribution in [-0.4, -0.2) is 42.1 Å². The standard InChI is InChI=1S/C18H18F2N2O2/c19-14-9-13(10-15(20)12-14)11-18(24)22-7-5-21(6-8-22)16-1-3-17(23)4-2-16/h1-4,9-10,12,23H,5-8,11H2. The summed E-state index contributed by atoms with van der Waals surface area (Å²) in [6, 6.07) is 10.1. The lowest BCUT2D eigenvalue weighted by Crippen LogP contribution is -2.49. The van der Waals surface area contributed by atoms with Gasteiger partial charge in [0.1, 0.15) is 17.4 Å². The molecule has 3 rings (SSSR count). The van der Waals surface area contributed by atoms with Crippen molar-refractivity contribution >= 4 is 11.6 Å². The number of carbonyl (C=O) groups is 1. The first kappa shape index (κ1) is 16.2. The molecule has 0 radical (unpaired) electrons. The summed E-state index contributed by atoms with van der Waals surface area (Å²) in [6.07, 6.45) is -0.00606. The molecule has 0 saturated carbocycles. The third kappa shape index (κ3) is 3.82. The van der Waals surface area contributed by atoms with Gasteiger partial charge in [-0.05, 0) is 42.0 Å². The first-order chi connectivity index (χ1) is 11.5. The number of hydrogen-bond acceptors (Lipinski definition) is 3. The molecule has 1 amide bonds. The molecule has 1 saturated heterocycles. The number of carbonyl (C=O) groups excluding carboxylic acids is 1. The number of aromatic hydroxyl groups is 1. The molecule has 1 aliphatic rings. The van der Waals surface area contributed by atoms with Crippen LogP contribution in [0.1, 0.15) is 5.56 Å². The van der Waals surface area contributed by atoms with Crippen LogP contribution in [-0.2, 0) is 11.2 Å². The maximum atomic E-state index is 13.2. The van der Waals surface area contributed by atoms with E-state index in [9.17, 15) is 18.7 Å². The molecule has 6 heteroatoms. The van der Waals surface area contributed by atoms with Crippen molar-refractivity contribution in [2.24, 2.45) is 0 Å². The van der Waals surface area contributed by atoms with E-state index >= 15 is 0 Å². The highest BCUT2D eigenvalue weighted by Crippen LogP contribution is 2.20. The molecule has 24 heavy (non-hydrogen) atoms. The summed E-state index contributed by atoms with van der Waals surface area (Å²) in [4.78, 5) is 16.1. The Morgan fingerprint density at radius 3 is 2.12 bits per heavy atom. The Hall–Kier alpha value is -2.63. The van der Waals surface area contributed by atoms with E-state index < -0.39 is 11.6 Å². The van der Waals surface area contributed by atoms with Crippen molar-refractivity contribution in [1.29, 1.82) is 0 Å². The number of phenols is 1. The third-order valence-corrected chi connectivity index (χ3v) is 4.12. The van der Waals surface area contributed by atoms with Crippen molar-refractivity contribution < 1.29 is 18.7 Å².